The van der Waals surface area contributed by atoms with Crippen LogP contribution in [0.5, 0.6) is 11.5 Å². The van der Waals surface area contributed by atoms with E-state index in [0.717, 1.165) is 28.4 Å². The van der Waals surface area contributed by atoms with Crippen molar-refractivity contribution in [2.24, 2.45) is 0 Å². The van der Waals surface area contributed by atoms with E-state index in [9.17, 15) is 0 Å². The first-order valence-electron chi connectivity index (χ1n) is 8.04. The normalized spacial score (nSPS) is 12.5. The number of benzene rings is 1. The van der Waals surface area contributed by atoms with Gasteiger partial charge in [-0.15, -0.1) is 0 Å². The summed E-state index contributed by atoms with van der Waals surface area (Å²) in [7, 11) is 1.69. The Bertz CT molecular complexity index is 887. The lowest BCUT2D eigenvalue weighted by molar-refractivity contribution is 0.174. The number of nitrogens with zero attached hydrogens (tertiary/aromatic N) is 4. The Labute approximate surface area is 145 Å². The van der Waals surface area contributed by atoms with Crippen molar-refractivity contribution in [2.75, 3.05) is 32.0 Å². The molecule has 0 aliphatic carbocycles. The van der Waals surface area contributed by atoms with Crippen LogP contribution in [0.4, 0.5) is 5.82 Å². The Hall–Kier alpha value is -2.93. The molecule has 128 valence electrons. The SMILES string of the molecule is COCCN(Cc1ccc2c(c1)OCO2)c1ccc2nccnc2n1. The van der Waals surface area contributed by atoms with Gasteiger partial charge in [0.1, 0.15) is 11.3 Å². The van der Waals surface area contributed by atoms with Crippen molar-refractivity contribution >= 4 is 17.0 Å². The molecule has 7 heteroatoms. The quantitative estimate of drug-likeness (QED) is 0.683. The van der Waals surface area contributed by atoms with Gasteiger partial charge in [0, 0.05) is 32.6 Å². The number of hydrogen-bond acceptors (Lipinski definition) is 7. The zero-order valence-corrected chi connectivity index (χ0v) is 13.9. The zero-order chi connectivity index (χ0) is 17.1. The highest BCUT2D eigenvalue weighted by Gasteiger charge is 2.16. The number of hydrogen-bond donors (Lipinski definition) is 0. The van der Waals surface area contributed by atoms with Gasteiger partial charge in [-0.2, -0.15) is 0 Å². The minimum Gasteiger partial charge on any atom is -0.454 e. The molecule has 7 nitrogen and oxygen atoms in total. The summed E-state index contributed by atoms with van der Waals surface area (Å²) < 4.78 is 16.1. The van der Waals surface area contributed by atoms with Gasteiger partial charge in [0.15, 0.2) is 17.1 Å². The summed E-state index contributed by atoms with van der Waals surface area (Å²) in [4.78, 5) is 15.3. The van der Waals surface area contributed by atoms with E-state index < -0.39 is 0 Å². The standard InChI is InChI=1S/C18H18N4O3/c1-23-9-8-22(11-13-2-4-15-16(10-13)25-12-24-15)17-5-3-14-18(21-17)20-7-6-19-14/h2-7,10H,8-9,11-12H2,1H3. The molecule has 0 N–H and O–H groups in total. The first kappa shape index (κ1) is 15.6. The summed E-state index contributed by atoms with van der Waals surface area (Å²) in [6.07, 6.45) is 3.31. The molecule has 1 aliphatic heterocycles. The molecule has 0 saturated heterocycles. The molecule has 4 rings (SSSR count). The summed E-state index contributed by atoms with van der Waals surface area (Å²) in [5, 5.41) is 0. The average Bonchev–Trinajstić information content (AvgIpc) is 3.12. The van der Waals surface area contributed by atoms with Gasteiger partial charge in [-0.25, -0.2) is 9.97 Å². The number of fused-ring (bicyclic) bond motifs is 2. The van der Waals surface area contributed by atoms with Crippen LogP contribution < -0.4 is 14.4 Å². The van der Waals surface area contributed by atoms with Gasteiger partial charge >= 0.3 is 0 Å². The third-order valence-electron chi connectivity index (χ3n) is 4.02. The molecular weight excluding hydrogens is 320 g/mol. The van der Waals surface area contributed by atoms with Gasteiger partial charge in [0.25, 0.3) is 0 Å². The third kappa shape index (κ3) is 3.32. The maximum atomic E-state index is 5.47. The van der Waals surface area contributed by atoms with Gasteiger partial charge in [-0.05, 0) is 29.8 Å². The Morgan fingerprint density at radius 1 is 1.08 bits per heavy atom. The number of methoxy groups -OCH3 is 1. The van der Waals surface area contributed by atoms with Gasteiger partial charge in [0.05, 0.1) is 6.61 Å². The molecule has 2 aromatic heterocycles. The van der Waals surface area contributed by atoms with Crippen LogP contribution in [0.25, 0.3) is 11.2 Å². The maximum Gasteiger partial charge on any atom is 0.231 e. The van der Waals surface area contributed by atoms with E-state index in [4.69, 9.17) is 14.2 Å². The molecule has 25 heavy (non-hydrogen) atoms. The van der Waals surface area contributed by atoms with Crippen molar-refractivity contribution in [3.05, 3.63) is 48.3 Å². The molecule has 0 unspecified atom stereocenters. The highest BCUT2D eigenvalue weighted by molar-refractivity contribution is 5.71. The summed E-state index contributed by atoms with van der Waals surface area (Å²) in [5.41, 5.74) is 2.52. The fraction of sp³-hybridized carbons (Fsp3) is 0.278. The monoisotopic (exact) mass is 338 g/mol. The lowest BCUT2D eigenvalue weighted by Crippen LogP contribution is -2.27. The minimum absolute atomic E-state index is 0.275. The van der Waals surface area contributed by atoms with Crippen LogP contribution in [0.2, 0.25) is 0 Å². The van der Waals surface area contributed by atoms with Crippen molar-refractivity contribution < 1.29 is 14.2 Å². The number of rotatable bonds is 6. The van der Waals surface area contributed by atoms with E-state index in [-0.39, 0.29) is 6.79 Å². The molecule has 0 bridgehead atoms. The van der Waals surface area contributed by atoms with E-state index in [1.54, 1.807) is 19.5 Å². The molecule has 0 amide bonds. The summed E-state index contributed by atoms with van der Waals surface area (Å²) in [6, 6.07) is 9.87. The first-order valence-corrected chi connectivity index (χ1v) is 8.04. The van der Waals surface area contributed by atoms with Crippen molar-refractivity contribution in [2.45, 2.75) is 6.54 Å². The summed E-state index contributed by atoms with van der Waals surface area (Å²) >= 11 is 0. The zero-order valence-electron chi connectivity index (χ0n) is 13.9. The average molecular weight is 338 g/mol. The fourth-order valence-corrected chi connectivity index (χ4v) is 2.76. The van der Waals surface area contributed by atoms with Crippen LogP contribution in [0.15, 0.2) is 42.7 Å². The second-order valence-corrected chi connectivity index (χ2v) is 5.67. The third-order valence-corrected chi connectivity index (χ3v) is 4.02. The molecule has 0 radical (unpaired) electrons. The lowest BCUT2D eigenvalue weighted by Gasteiger charge is -2.23. The number of aromatic nitrogens is 3. The fourth-order valence-electron chi connectivity index (χ4n) is 2.76. The molecule has 1 aromatic carbocycles. The van der Waals surface area contributed by atoms with Crippen molar-refractivity contribution in [1.29, 1.82) is 0 Å². The molecule has 3 aromatic rings. The van der Waals surface area contributed by atoms with E-state index in [1.807, 2.05) is 30.3 Å². The predicted molar refractivity (Wildman–Crippen MR) is 92.8 cm³/mol. The molecule has 1 aliphatic rings. The van der Waals surface area contributed by atoms with E-state index in [0.29, 0.717) is 25.3 Å². The Morgan fingerprint density at radius 3 is 2.88 bits per heavy atom. The first-order chi connectivity index (χ1) is 12.3. The van der Waals surface area contributed by atoms with Crippen molar-refractivity contribution in [3.8, 4) is 11.5 Å². The highest BCUT2D eigenvalue weighted by atomic mass is 16.7. The molecule has 0 spiro atoms. The van der Waals surface area contributed by atoms with Crippen LogP contribution in [0.1, 0.15) is 5.56 Å². The number of anilines is 1. The predicted octanol–water partition coefficient (Wildman–Crippen LogP) is 2.41. The van der Waals surface area contributed by atoms with E-state index >= 15 is 0 Å². The van der Waals surface area contributed by atoms with Crippen LogP contribution in [0.3, 0.4) is 0 Å². The molecular formula is C18H18N4O3. The van der Waals surface area contributed by atoms with Crippen molar-refractivity contribution in [3.63, 3.8) is 0 Å². The van der Waals surface area contributed by atoms with Crippen molar-refractivity contribution in [1.82, 2.24) is 15.0 Å². The Balaban J connectivity index is 1.62. The van der Waals surface area contributed by atoms with Crippen LogP contribution in [-0.4, -0.2) is 42.0 Å². The maximum absolute atomic E-state index is 5.47. The molecule has 0 saturated carbocycles. The Morgan fingerprint density at radius 2 is 1.96 bits per heavy atom. The summed E-state index contributed by atoms with van der Waals surface area (Å²) in [5.74, 6) is 2.40. The smallest absolute Gasteiger partial charge is 0.231 e. The molecule has 0 fully saturated rings. The number of pyridine rings is 1. The van der Waals surface area contributed by atoms with Gasteiger partial charge in [0.2, 0.25) is 6.79 Å². The van der Waals surface area contributed by atoms with Gasteiger partial charge in [-0.1, -0.05) is 6.07 Å². The summed E-state index contributed by atoms with van der Waals surface area (Å²) in [6.45, 7) is 2.27. The minimum atomic E-state index is 0.275. The van der Waals surface area contributed by atoms with Gasteiger partial charge < -0.3 is 19.1 Å². The van der Waals surface area contributed by atoms with Crippen LogP contribution in [-0.2, 0) is 11.3 Å². The molecule has 3 heterocycles. The largest absolute Gasteiger partial charge is 0.454 e. The lowest BCUT2D eigenvalue weighted by atomic mass is 10.2. The van der Waals surface area contributed by atoms with E-state index in [1.165, 1.54) is 0 Å². The van der Waals surface area contributed by atoms with Gasteiger partial charge in [-0.3, -0.25) is 4.98 Å². The second-order valence-electron chi connectivity index (χ2n) is 5.67. The second kappa shape index (κ2) is 6.90. The van der Waals surface area contributed by atoms with Crippen LogP contribution in [0, 0.1) is 0 Å². The number of ether oxygens (including phenoxy) is 3. The van der Waals surface area contributed by atoms with E-state index in [2.05, 4.69) is 19.9 Å². The van der Waals surface area contributed by atoms with Crippen LogP contribution >= 0.6 is 0 Å². The highest BCUT2D eigenvalue weighted by Crippen LogP contribution is 2.33. The topological polar surface area (TPSA) is 69.6 Å². The Kier molecular flexibility index (Phi) is 4.30. The molecule has 0 atom stereocenters.